The van der Waals surface area contributed by atoms with E-state index in [-0.39, 0.29) is 5.41 Å². The molecule has 1 aliphatic carbocycles. The minimum atomic E-state index is 0.150. The topological polar surface area (TPSA) is 15.8 Å². The first-order chi connectivity index (χ1) is 8.62. The van der Waals surface area contributed by atoms with Gasteiger partial charge in [-0.1, -0.05) is 23.8 Å². The van der Waals surface area contributed by atoms with Gasteiger partial charge in [-0.05, 0) is 55.3 Å². The Morgan fingerprint density at radius 1 is 1.39 bits per heavy atom. The van der Waals surface area contributed by atoms with Crippen LogP contribution in [-0.2, 0) is 5.41 Å². The molecule has 1 heterocycles. The van der Waals surface area contributed by atoms with E-state index in [4.69, 9.17) is 0 Å². The summed E-state index contributed by atoms with van der Waals surface area (Å²) >= 11 is 0. The van der Waals surface area contributed by atoms with Crippen LogP contribution in [0.3, 0.4) is 0 Å². The van der Waals surface area contributed by atoms with Gasteiger partial charge >= 0.3 is 0 Å². The highest BCUT2D eigenvalue weighted by Gasteiger charge is 2.41. The lowest BCUT2D eigenvalue weighted by Crippen LogP contribution is -2.36. The Bertz CT molecular complexity index is 632. The second-order valence-corrected chi connectivity index (χ2v) is 5.60. The molecule has 1 aliphatic rings. The average Bonchev–Trinajstić information content (AvgIpc) is 2.80. The third-order valence-electron chi connectivity index (χ3n) is 4.24. The maximum atomic E-state index is 4.26. The second kappa shape index (κ2) is 3.88. The molecule has 1 aromatic carbocycles. The molecular weight excluding hydrogens is 218 g/mol. The lowest BCUT2D eigenvalue weighted by molar-refractivity contribution is 0.358. The van der Waals surface area contributed by atoms with Crippen molar-refractivity contribution in [1.82, 2.24) is 4.98 Å². The van der Waals surface area contributed by atoms with Crippen LogP contribution in [0.2, 0.25) is 0 Å². The van der Waals surface area contributed by atoms with Crippen LogP contribution in [0.15, 0.2) is 54.8 Å². The van der Waals surface area contributed by atoms with E-state index in [1.54, 1.807) is 0 Å². The van der Waals surface area contributed by atoms with E-state index in [0.717, 1.165) is 12.8 Å². The molecule has 0 spiro atoms. The number of aromatic nitrogens is 1. The largest absolute Gasteiger partial charge is 0.361 e. The van der Waals surface area contributed by atoms with E-state index in [2.05, 4.69) is 49.3 Å². The summed E-state index contributed by atoms with van der Waals surface area (Å²) in [5.41, 5.74) is 5.35. The molecule has 1 fully saturated rings. The maximum Gasteiger partial charge on any atom is 0.0454 e. The molecule has 0 amide bonds. The molecule has 1 aromatic heterocycles. The summed E-state index contributed by atoms with van der Waals surface area (Å²) in [6.07, 6.45) is 5.38. The monoisotopic (exact) mass is 237 g/mol. The quantitative estimate of drug-likeness (QED) is 0.743. The van der Waals surface area contributed by atoms with Crippen molar-refractivity contribution in [2.45, 2.75) is 31.6 Å². The SMILES string of the molecule is C=C(C)C[C@]1(c2ccc3[nH]ccc3c2)CCC1=C. The van der Waals surface area contributed by atoms with Gasteiger partial charge in [-0.25, -0.2) is 0 Å². The lowest BCUT2D eigenvalue weighted by Gasteiger charge is -2.45. The number of hydrogen-bond donors (Lipinski definition) is 1. The molecule has 0 aliphatic heterocycles. The van der Waals surface area contributed by atoms with Gasteiger partial charge in [-0.3, -0.25) is 0 Å². The summed E-state index contributed by atoms with van der Waals surface area (Å²) in [7, 11) is 0. The summed E-state index contributed by atoms with van der Waals surface area (Å²) in [5.74, 6) is 0. The Morgan fingerprint density at radius 3 is 2.83 bits per heavy atom. The van der Waals surface area contributed by atoms with Gasteiger partial charge in [0.05, 0.1) is 0 Å². The Balaban J connectivity index is 2.09. The number of allylic oxidation sites excluding steroid dienone is 2. The van der Waals surface area contributed by atoms with Gasteiger partial charge in [-0.15, -0.1) is 6.58 Å². The molecule has 1 heteroatoms. The molecule has 2 aromatic rings. The maximum absolute atomic E-state index is 4.26. The number of nitrogens with one attached hydrogen (secondary N) is 1. The number of aromatic amines is 1. The molecule has 1 saturated carbocycles. The van der Waals surface area contributed by atoms with Crippen LogP contribution in [0.1, 0.15) is 31.7 Å². The predicted octanol–water partition coefficient (Wildman–Crippen LogP) is 4.72. The van der Waals surface area contributed by atoms with Crippen LogP contribution in [0.25, 0.3) is 10.9 Å². The summed E-state index contributed by atoms with van der Waals surface area (Å²) in [6, 6.07) is 8.86. The lowest BCUT2D eigenvalue weighted by atomic mass is 9.58. The van der Waals surface area contributed by atoms with Crippen LogP contribution in [-0.4, -0.2) is 4.98 Å². The van der Waals surface area contributed by atoms with E-state index < -0.39 is 0 Å². The highest BCUT2D eigenvalue weighted by atomic mass is 14.7. The third-order valence-corrected chi connectivity index (χ3v) is 4.24. The molecule has 3 rings (SSSR count). The van der Waals surface area contributed by atoms with Crippen LogP contribution < -0.4 is 0 Å². The zero-order valence-corrected chi connectivity index (χ0v) is 10.9. The average molecular weight is 237 g/mol. The molecule has 1 N–H and O–H groups in total. The standard InChI is InChI=1S/C17H19N/c1-12(2)11-17(8-6-13(17)3)15-4-5-16-14(10-15)7-9-18-16/h4-5,7,9-10,18H,1,3,6,8,11H2,2H3/t17-/m1/s1. The van der Waals surface area contributed by atoms with Gasteiger partial charge in [-0.2, -0.15) is 0 Å². The van der Waals surface area contributed by atoms with Gasteiger partial charge in [0.15, 0.2) is 0 Å². The van der Waals surface area contributed by atoms with Crippen molar-refractivity contribution in [2.75, 3.05) is 0 Å². The van der Waals surface area contributed by atoms with E-state index >= 15 is 0 Å². The summed E-state index contributed by atoms with van der Waals surface area (Å²) in [6.45, 7) is 10.5. The Morgan fingerprint density at radius 2 is 2.22 bits per heavy atom. The van der Waals surface area contributed by atoms with Crippen molar-refractivity contribution in [3.05, 3.63) is 60.3 Å². The van der Waals surface area contributed by atoms with E-state index in [9.17, 15) is 0 Å². The highest BCUT2D eigenvalue weighted by Crippen LogP contribution is 2.51. The molecule has 92 valence electrons. The molecule has 0 radical (unpaired) electrons. The van der Waals surface area contributed by atoms with E-state index in [1.807, 2.05) is 6.20 Å². The Kier molecular flexibility index (Phi) is 2.44. The van der Waals surface area contributed by atoms with Gasteiger partial charge in [0.2, 0.25) is 0 Å². The second-order valence-electron chi connectivity index (χ2n) is 5.60. The van der Waals surface area contributed by atoms with E-state index in [1.165, 1.54) is 34.0 Å². The summed E-state index contributed by atoms with van der Waals surface area (Å²) in [5, 5.41) is 1.29. The molecule has 1 atom stereocenters. The van der Waals surface area contributed by atoms with Gasteiger partial charge in [0, 0.05) is 17.1 Å². The number of benzene rings is 1. The summed E-state index contributed by atoms with van der Waals surface area (Å²) in [4.78, 5) is 3.25. The molecule has 1 nitrogen and oxygen atoms in total. The fraction of sp³-hybridized carbons (Fsp3) is 0.294. The van der Waals surface area contributed by atoms with Crippen LogP contribution >= 0.6 is 0 Å². The highest BCUT2D eigenvalue weighted by molar-refractivity contribution is 5.80. The minimum Gasteiger partial charge on any atom is -0.361 e. The first kappa shape index (κ1) is 11.3. The molecular formula is C17H19N. The normalized spacial score (nSPS) is 23.1. The number of H-pyrrole nitrogens is 1. The van der Waals surface area contributed by atoms with Gasteiger partial charge < -0.3 is 4.98 Å². The zero-order chi connectivity index (χ0) is 12.8. The third kappa shape index (κ3) is 1.54. The minimum absolute atomic E-state index is 0.150. The van der Waals surface area contributed by atoms with Crippen molar-refractivity contribution in [3.63, 3.8) is 0 Å². The van der Waals surface area contributed by atoms with Crippen LogP contribution in [0, 0.1) is 0 Å². The molecule has 18 heavy (non-hydrogen) atoms. The first-order valence-electron chi connectivity index (χ1n) is 6.52. The fourth-order valence-electron chi connectivity index (χ4n) is 3.13. The van der Waals surface area contributed by atoms with Crippen molar-refractivity contribution in [3.8, 4) is 0 Å². The van der Waals surface area contributed by atoms with E-state index in [0.29, 0.717) is 0 Å². The van der Waals surface area contributed by atoms with Crippen molar-refractivity contribution in [2.24, 2.45) is 0 Å². The number of fused-ring (bicyclic) bond motifs is 1. The zero-order valence-electron chi connectivity index (χ0n) is 10.9. The first-order valence-corrected chi connectivity index (χ1v) is 6.52. The smallest absolute Gasteiger partial charge is 0.0454 e. The Hall–Kier alpha value is -1.76. The van der Waals surface area contributed by atoms with Crippen molar-refractivity contribution < 1.29 is 0 Å². The van der Waals surface area contributed by atoms with Gasteiger partial charge in [0.1, 0.15) is 0 Å². The van der Waals surface area contributed by atoms with Gasteiger partial charge in [0.25, 0.3) is 0 Å². The molecule has 0 bridgehead atoms. The predicted molar refractivity (Wildman–Crippen MR) is 77.8 cm³/mol. The van der Waals surface area contributed by atoms with Crippen molar-refractivity contribution in [1.29, 1.82) is 0 Å². The number of hydrogen-bond acceptors (Lipinski definition) is 0. The number of rotatable bonds is 3. The summed E-state index contributed by atoms with van der Waals surface area (Å²) < 4.78 is 0. The van der Waals surface area contributed by atoms with Crippen molar-refractivity contribution >= 4 is 10.9 Å². The molecule has 0 saturated heterocycles. The Labute approximate surface area is 108 Å². The van der Waals surface area contributed by atoms with Crippen LogP contribution in [0.4, 0.5) is 0 Å². The molecule has 0 unspecified atom stereocenters. The van der Waals surface area contributed by atoms with Crippen LogP contribution in [0.5, 0.6) is 0 Å². The fourth-order valence-corrected chi connectivity index (χ4v) is 3.13.